The van der Waals surface area contributed by atoms with Crippen molar-refractivity contribution in [1.82, 2.24) is 9.80 Å². The zero-order chi connectivity index (χ0) is 19.5. The summed E-state index contributed by atoms with van der Waals surface area (Å²) in [6.45, 7) is 1.55. The highest BCUT2D eigenvalue weighted by atomic mass is 16.6. The molecule has 29 heavy (non-hydrogen) atoms. The van der Waals surface area contributed by atoms with E-state index in [-0.39, 0.29) is 24.5 Å². The quantitative estimate of drug-likeness (QED) is 0.801. The molecule has 2 amide bonds. The highest BCUT2D eigenvalue weighted by Crippen LogP contribution is 2.51. The Bertz CT molecular complexity index is 1060. The molecule has 1 N–H and O–H groups in total. The van der Waals surface area contributed by atoms with Gasteiger partial charge >= 0.3 is 6.09 Å². The second-order valence-corrected chi connectivity index (χ2v) is 7.98. The molecule has 6 heteroatoms. The number of imide groups is 1. The summed E-state index contributed by atoms with van der Waals surface area (Å²) in [6, 6.07) is 8.15. The Morgan fingerprint density at radius 3 is 2.90 bits per heavy atom. The zero-order valence-electron chi connectivity index (χ0n) is 15.9. The lowest BCUT2D eigenvalue weighted by atomic mass is 9.72. The summed E-state index contributed by atoms with van der Waals surface area (Å²) in [4.78, 5) is 29.1. The third-order valence-electron chi connectivity index (χ3n) is 6.55. The first-order valence-electron chi connectivity index (χ1n) is 10.1. The Kier molecular flexibility index (Phi) is 3.51. The molecule has 0 spiro atoms. The maximum Gasteiger partial charge on any atom is 0.416 e. The van der Waals surface area contributed by atoms with E-state index in [1.54, 1.807) is 0 Å². The van der Waals surface area contributed by atoms with Crippen molar-refractivity contribution in [2.75, 3.05) is 25.0 Å². The van der Waals surface area contributed by atoms with Gasteiger partial charge in [-0.15, -0.1) is 0 Å². The summed E-state index contributed by atoms with van der Waals surface area (Å²) >= 11 is 0. The molecule has 0 saturated carbocycles. The van der Waals surface area contributed by atoms with E-state index in [1.807, 2.05) is 24.3 Å². The molecule has 1 aromatic rings. The molecule has 0 aromatic heterocycles. The van der Waals surface area contributed by atoms with Crippen LogP contribution in [0.4, 0.5) is 10.5 Å². The minimum absolute atomic E-state index is 0.109. The summed E-state index contributed by atoms with van der Waals surface area (Å²) in [5.74, 6) is -0.483. The average Bonchev–Trinajstić information content (AvgIpc) is 3.36. The number of rotatable bonds is 1. The molecule has 6 nitrogen and oxygen atoms in total. The predicted molar refractivity (Wildman–Crippen MR) is 109 cm³/mol. The van der Waals surface area contributed by atoms with E-state index >= 15 is 0 Å². The fourth-order valence-corrected chi connectivity index (χ4v) is 5.27. The molecule has 1 aromatic carbocycles. The largest absolute Gasteiger partial charge is 0.447 e. The van der Waals surface area contributed by atoms with E-state index in [0.29, 0.717) is 13.0 Å². The Morgan fingerprint density at radius 2 is 2.03 bits per heavy atom. The smallest absolute Gasteiger partial charge is 0.416 e. The summed E-state index contributed by atoms with van der Waals surface area (Å²) in [5.41, 5.74) is 7.22. The van der Waals surface area contributed by atoms with Crippen molar-refractivity contribution in [2.45, 2.75) is 18.9 Å². The molecular weight excluding hydrogens is 366 g/mol. The van der Waals surface area contributed by atoms with E-state index in [9.17, 15) is 9.59 Å². The average molecular weight is 387 g/mol. The second-order valence-electron chi connectivity index (χ2n) is 7.98. The number of hydrogen-bond donors (Lipinski definition) is 1. The summed E-state index contributed by atoms with van der Waals surface area (Å²) in [5, 5.41) is 3.59. The van der Waals surface area contributed by atoms with E-state index in [1.165, 1.54) is 32.9 Å². The molecule has 1 saturated heterocycles. The molecule has 0 unspecified atom stereocenters. The number of para-hydroxylation sites is 1. The molecule has 5 aliphatic rings. The van der Waals surface area contributed by atoms with Crippen molar-refractivity contribution in [3.63, 3.8) is 0 Å². The minimum Gasteiger partial charge on any atom is -0.447 e. The normalized spacial score (nSPS) is 26.7. The van der Waals surface area contributed by atoms with Crippen LogP contribution in [0.2, 0.25) is 0 Å². The topological polar surface area (TPSA) is 61.9 Å². The Hall–Kier alpha value is -3.28. The van der Waals surface area contributed by atoms with Gasteiger partial charge in [0.25, 0.3) is 0 Å². The number of hydrogen-bond acceptors (Lipinski definition) is 5. The number of carbonyl (C=O) groups excluding carboxylic acids is 2. The molecule has 0 radical (unpaired) electrons. The van der Waals surface area contributed by atoms with Crippen molar-refractivity contribution in [3.05, 3.63) is 71.1 Å². The fourth-order valence-electron chi connectivity index (χ4n) is 5.27. The van der Waals surface area contributed by atoms with Crippen LogP contribution in [0.3, 0.4) is 0 Å². The molecule has 1 fully saturated rings. The molecule has 2 atom stereocenters. The standard InChI is InChI=1S/C23H21N3O3/c27-22(26-11-12-29-23(26)28)17-13-16-14(8-10-25-9-4-3-7-19(16)25)20-15-5-1-2-6-18(15)24-21(17)20/h1-7,9,17,21,24H,8,10-13H2/t17-,21+/m1/s1. The molecule has 4 aliphatic heterocycles. The number of allylic oxidation sites excluding steroid dienone is 4. The number of cyclic esters (lactones) is 1. The van der Waals surface area contributed by atoms with Crippen molar-refractivity contribution in [1.29, 1.82) is 0 Å². The van der Waals surface area contributed by atoms with Gasteiger partial charge < -0.3 is 15.0 Å². The third kappa shape index (κ3) is 2.35. The predicted octanol–water partition coefficient (Wildman–Crippen LogP) is 3.28. The van der Waals surface area contributed by atoms with Gasteiger partial charge in [0.1, 0.15) is 6.61 Å². The number of nitrogens with zero attached hydrogens (tertiary/aromatic N) is 2. The summed E-state index contributed by atoms with van der Waals surface area (Å²) < 4.78 is 5.04. The van der Waals surface area contributed by atoms with Gasteiger partial charge in [0.2, 0.25) is 5.91 Å². The Labute approximate surface area is 168 Å². The van der Waals surface area contributed by atoms with Crippen LogP contribution >= 0.6 is 0 Å². The first kappa shape index (κ1) is 16.7. The number of carbonyl (C=O) groups is 2. The SMILES string of the molecule is O=C1OCCN1C(=O)[C@@H]1CC2=C3C=CC=CN3CCC2=C2c3ccccc3N[C@H]21. The van der Waals surface area contributed by atoms with Crippen LogP contribution < -0.4 is 5.32 Å². The van der Waals surface area contributed by atoms with Crippen molar-refractivity contribution in [2.24, 2.45) is 5.92 Å². The van der Waals surface area contributed by atoms with Gasteiger partial charge in [-0.2, -0.15) is 0 Å². The lowest BCUT2D eigenvalue weighted by Gasteiger charge is -2.40. The van der Waals surface area contributed by atoms with Gasteiger partial charge in [0.05, 0.1) is 18.5 Å². The number of anilines is 1. The van der Waals surface area contributed by atoms with E-state index in [0.717, 1.165) is 18.7 Å². The summed E-state index contributed by atoms with van der Waals surface area (Å²) in [6.07, 6.45) is 9.38. The van der Waals surface area contributed by atoms with Crippen molar-refractivity contribution >= 4 is 23.3 Å². The van der Waals surface area contributed by atoms with E-state index in [4.69, 9.17) is 4.74 Å². The number of fused-ring (bicyclic) bond motifs is 5. The van der Waals surface area contributed by atoms with Gasteiger partial charge in [-0.3, -0.25) is 4.79 Å². The summed E-state index contributed by atoms with van der Waals surface area (Å²) in [7, 11) is 0. The molecule has 146 valence electrons. The molecule has 0 bridgehead atoms. The van der Waals surface area contributed by atoms with E-state index < -0.39 is 6.09 Å². The third-order valence-corrected chi connectivity index (χ3v) is 6.55. The van der Waals surface area contributed by atoms with Crippen molar-refractivity contribution < 1.29 is 14.3 Å². The number of benzene rings is 1. The maximum atomic E-state index is 13.4. The van der Waals surface area contributed by atoms with Crippen LogP contribution in [0, 0.1) is 5.92 Å². The lowest BCUT2D eigenvalue weighted by Crippen LogP contribution is -2.46. The van der Waals surface area contributed by atoms with Crippen LogP contribution in [-0.4, -0.2) is 47.5 Å². The highest BCUT2D eigenvalue weighted by molar-refractivity contribution is 6.00. The first-order chi connectivity index (χ1) is 14.2. The fraction of sp³-hybridized carbons (Fsp3) is 0.304. The monoisotopic (exact) mass is 387 g/mol. The van der Waals surface area contributed by atoms with Gasteiger partial charge in [0, 0.05) is 29.7 Å². The highest BCUT2D eigenvalue weighted by Gasteiger charge is 2.47. The molecule has 1 aliphatic carbocycles. The van der Waals surface area contributed by atoms with Crippen LogP contribution in [0.5, 0.6) is 0 Å². The lowest BCUT2D eigenvalue weighted by molar-refractivity contribution is -0.132. The van der Waals surface area contributed by atoms with Crippen LogP contribution in [-0.2, 0) is 9.53 Å². The second kappa shape index (κ2) is 6.11. The van der Waals surface area contributed by atoms with Gasteiger partial charge in [-0.05, 0) is 47.8 Å². The minimum atomic E-state index is -0.523. The Balaban J connectivity index is 1.52. The van der Waals surface area contributed by atoms with Gasteiger partial charge in [0.15, 0.2) is 0 Å². The first-order valence-corrected chi connectivity index (χ1v) is 10.1. The van der Waals surface area contributed by atoms with E-state index in [2.05, 4.69) is 34.6 Å². The van der Waals surface area contributed by atoms with Gasteiger partial charge in [-0.25, -0.2) is 9.69 Å². The Morgan fingerprint density at radius 1 is 1.14 bits per heavy atom. The van der Waals surface area contributed by atoms with Crippen LogP contribution in [0.15, 0.2) is 65.5 Å². The number of ether oxygens (including phenoxy) is 1. The zero-order valence-corrected chi connectivity index (χ0v) is 15.9. The van der Waals surface area contributed by atoms with Crippen LogP contribution in [0.1, 0.15) is 18.4 Å². The van der Waals surface area contributed by atoms with Gasteiger partial charge in [-0.1, -0.05) is 24.3 Å². The number of amides is 2. The molecule has 4 heterocycles. The molecule has 6 rings (SSSR count). The molecular formula is C23H21N3O3. The van der Waals surface area contributed by atoms with Crippen molar-refractivity contribution in [3.8, 4) is 0 Å². The van der Waals surface area contributed by atoms with Crippen LogP contribution in [0.25, 0.3) is 5.57 Å². The number of nitrogens with one attached hydrogen (secondary N) is 1. The maximum absolute atomic E-state index is 13.4.